The number of nitrogens with one attached hydrogen (secondary N) is 2. The van der Waals surface area contributed by atoms with E-state index < -0.39 is 29.5 Å². The molecule has 3 rings (SSSR count). The molecule has 1 atom stereocenters. The van der Waals surface area contributed by atoms with E-state index in [1.807, 2.05) is 43.3 Å². The van der Waals surface area contributed by atoms with E-state index in [2.05, 4.69) is 15.4 Å². The third-order valence-electron chi connectivity index (χ3n) is 5.21. The standard InChI is InChI=1S/C26H31FN2O5/c1-16-11-18(29-25(31)34-26(2,3)4)12-20-19(16)13-21(33-15-17-9-7-6-8-10-17)24(23(20)27)28-14-22(30)32-5/h6-11,13,18,28H,12,14-15H2,1-5H3,(H,29,31)/t18-/m1/s1. The largest absolute Gasteiger partial charge is 0.487 e. The van der Waals surface area contributed by atoms with Crippen molar-refractivity contribution in [3.05, 3.63) is 65.0 Å². The van der Waals surface area contributed by atoms with Gasteiger partial charge in [0.05, 0.1) is 13.2 Å². The fraction of sp³-hybridized carbons (Fsp3) is 0.385. The number of carbonyl (C=O) groups excluding carboxylic acids is 2. The number of anilines is 1. The number of halogens is 1. The quantitative estimate of drug-likeness (QED) is 0.563. The van der Waals surface area contributed by atoms with Gasteiger partial charge in [-0.2, -0.15) is 0 Å². The van der Waals surface area contributed by atoms with E-state index in [4.69, 9.17) is 9.47 Å². The van der Waals surface area contributed by atoms with Gasteiger partial charge in [-0.05, 0) is 56.9 Å². The Morgan fingerprint density at radius 1 is 1.18 bits per heavy atom. The zero-order chi connectivity index (χ0) is 24.9. The highest BCUT2D eigenvalue weighted by atomic mass is 19.1. The van der Waals surface area contributed by atoms with Crippen molar-refractivity contribution in [2.45, 2.75) is 52.4 Å². The number of alkyl carbamates (subject to hydrolysis) is 1. The number of rotatable bonds is 7. The fourth-order valence-corrected chi connectivity index (χ4v) is 3.69. The number of hydrogen-bond acceptors (Lipinski definition) is 6. The Morgan fingerprint density at radius 2 is 1.88 bits per heavy atom. The number of esters is 1. The molecule has 8 heteroatoms. The molecule has 0 spiro atoms. The minimum absolute atomic E-state index is 0.0748. The molecule has 0 aliphatic heterocycles. The monoisotopic (exact) mass is 470 g/mol. The smallest absolute Gasteiger partial charge is 0.408 e. The molecule has 1 aliphatic rings. The van der Waals surface area contributed by atoms with Crippen molar-refractivity contribution in [3.63, 3.8) is 0 Å². The summed E-state index contributed by atoms with van der Waals surface area (Å²) in [4.78, 5) is 23.9. The maximum atomic E-state index is 15.8. The van der Waals surface area contributed by atoms with Crippen LogP contribution in [0.2, 0.25) is 0 Å². The molecule has 0 unspecified atom stereocenters. The summed E-state index contributed by atoms with van der Waals surface area (Å²) in [6.07, 6.45) is 1.52. The Kier molecular flexibility index (Phi) is 7.81. The number of fused-ring (bicyclic) bond motifs is 1. The van der Waals surface area contributed by atoms with E-state index >= 15 is 4.39 Å². The lowest BCUT2D eigenvalue weighted by molar-refractivity contribution is -0.138. The van der Waals surface area contributed by atoms with Gasteiger partial charge < -0.3 is 24.8 Å². The minimum atomic E-state index is -0.642. The Bertz CT molecular complexity index is 1080. The first-order chi connectivity index (χ1) is 16.1. The van der Waals surface area contributed by atoms with Crippen LogP contribution in [0.4, 0.5) is 14.9 Å². The van der Waals surface area contributed by atoms with Gasteiger partial charge in [-0.1, -0.05) is 36.4 Å². The van der Waals surface area contributed by atoms with Crippen molar-refractivity contribution in [2.75, 3.05) is 19.0 Å². The molecule has 0 radical (unpaired) electrons. The van der Waals surface area contributed by atoms with Gasteiger partial charge in [-0.25, -0.2) is 9.18 Å². The van der Waals surface area contributed by atoms with Crippen molar-refractivity contribution in [1.29, 1.82) is 0 Å². The normalized spacial score (nSPS) is 15.0. The van der Waals surface area contributed by atoms with E-state index in [9.17, 15) is 9.59 Å². The number of amides is 1. The summed E-state index contributed by atoms with van der Waals surface area (Å²) in [7, 11) is 1.27. The molecule has 2 aromatic rings. The summed E-state index contributed by atoms with van der Waals surface area (Å²) in [6, 6.07) is 10.8. The molecule has 0 saturated heterocycles. The number of carbonyl (C=O) groups is 2. The highest BCUT2D eigenvalue weighted by Crippen LogP contribution is 2.39. The molecule has 7 nitrogen and oxygen atoms in total. The van der Waals surface area contributed by atoms with Gasteiger partial charge in [-0.3, -0.25) is 4.79 Å². The maximum Gasteiger partial charge on any atom is 0.408 e. The van der Waals surface area contributed by atoms with Crippen LogP contribution < -0.4 is 15.4 Å². The zero-order valence-corrected chi connectivity index (χ0v) is 20.2. The third-order valence-corrected chi connectivity index (χ3v) is 5.21. The first kappa shape index (κ1) is 25.1. The third kappa shape index (κ3) is 6.50. The highest BCUT2D eigenvalue weighted by molar-refractivity contribution is 5.80. The SMILES string of the molecule is COC(=O)CNc1c(OCc2ccccc2)cc2c(c1F)C[C@H](NC(=O)OC(C)(C)C)C=C2C. The van der Waals surface area contributed by atoms with Crippen LogP contribution in [0.3, 0.4) is 0 Å². The lowest BCUT2D eigenvalue weighted by Gasteiger charge is -2.27. The predicted molar refractivity (Wildman–Crippen MR) is 128 cm³/mol. The topological polar surface area (TPSA) is 85.9 Å². The van der Waals surface area contributed by atoms with Gasteiger partial charge in [0, 0.05) is 5.56 Å². The van der Waals surface area contributed by atoms with E-state index in [0.29, 0.717) is 11.1 Å². The number of hydrogen-bond donors (Lipinski definition) is 2. The van der Waals surface area contributed by atoms with Crippen molar-refractivity contribution < 1.29 is 28.2 Å². The van der Waals surface area contributed by atoms with E-state index in [1.165, 1.54) is 7.11 Å². The molecule has 2 N–H and O–H groups in total. The second-order valence-corrected chi connectivity index (χ2v) is 9.10. The Labute approximate surface area is 199 Å². The molecule has 0 fully saturated rings. The second-order valence-electron chi connectivity index (χ2n) is 9.10. The first-order valence-electron chi connectivity index (χ1n) is 11.1. The molecule has 0 bridgehead atoms. The Balaban J connectivity index is 1.90. The van der Waals surface area contributed by atoms with Gasteiger partial charge in [0.1, 0.15) is 30.2 Å². The molecule has 0 heterocycles. The van der Waals surface area contributed by atoms with E-state index in [-0.39, 0.29) is 31.0 Å². The molecule has 182 valence electrons. The molecular formula is C26H31FN2O5. The lowest BCUT2D eigenvalue weighted by Crippen LogP contribution is -2.40. The van der Waals surface area contributed by atoms with Crippen LogP contribution in [0.25, 0.3) is 5.57 Å². The van der Waals surface area contributed by atoms with Crippen LogP contribution in [-0.2, 0) is 27.3 Å². The number of methoxy groups -OCH3 is 1. The van der Waals surface area contributed by atoms with Crippen LogP contribution in [0, 0.1) is 5.82 Å². The molecule has 0 aromatic heterocycles. The van der Waals surface area contributed by atoms with E-state index in [0.717, 1.165) is 11.1 Å². The van der Waals surface area contributed by atoms with Gasteiger partial charge in [0.2, 0.25) is 0 Å². The van der Waals surface area contributed by atoms with Crippen LogP contribution in [0.5, 0.6) is 5.75 Å². The molecule has 34 heavy (non-hydrogen) atoms. The second kappa shape index (κ2) is 10.6. The van der Waals surface area contributed by atoms with Gasteiger partial charge in [-0.15, -0.1) is 0 Å². The van der Waals surface area contributed by atoms with Crippen molar-refractivity contribution in [1.82, 2.24) is 5.32 Å². The average molecular weight is 471 g/mol. The summed E-state index contributed by atoms with van der Waals surface area (Å²) in [5.41, 5.74) is 2.26. The summed E-state index contributed by atoms with van der Waals surface area (Å²) in [5.74, 6) is -0.783. The van der Waals surface area contributed by atoms with Crippen molar-refractivity contribution in [2.24, 2.45) is 0 Å². The van der Waals surface area contributed by atoms with Crippen LogP contribution in [0.1, 0.15) is 44.4 Å². The van der Waals surface area contributed by atoms with Gasteiger partial charge >= 0.3 is 12.1 Å². The zero-order valence-electron chi connectivity index (χ0n) is 20.2. The Hall–Kier alpha value is -3.55. The number of ether oxygens (including phenoxy) is 3. The summed E-state index contributed by atoms with van der Waals surface area (Å²) < 4.78 is 31.8. The summed E-state index contributed by atoms with van der Waals surface area (Å²) >= 11 is 0. The predicted octanol–water partition coefficient (Wildman–Crippen LogP) is 4.84. The van der Waals surface area contributed by atoms with Crippen LogP contribution in [-0.4, -0.2) is 37.4 Å². The van der Waals surface area contributed by atoms with E-state index in [1.54, 1.807) is 26.8 Å². The molecule has 0 saturated carbocycles. The van der Waals surface area contributed by atoms with Crippen molar-refractivity contribution in [3.8, 4) is 5.75 Å². The van der Waals surface area contributed by atoms with Crippen molar-refractivity contribution >= 4 is 23.3 Å². The molecule has 2 aromatic carbocycles. The molecule has 1 aliphatic carbocycles. The van der Waals surface area contributed by atoms with Gasteiger partial charge in [0.25, 0.3) is 0 Å². The lowest BCUT2D eigenvalue weighted by atomic mass is 9.87. The van der Waals surface area contributed by atoms with Crippen LogP contribution >= 0.6 is 0 Å². The van der Waals surface area contributed by atoms with Crippen LogP contribution in [0.15, 0.2) is 42.5 Å². The highest BCUT2D eigenvalue weighted by Gasteiger charge is 2.28. The average Bonchev–Trinajstić information content (AvgIpc) is 2.77. The summed E-state index contributed by atoms with van der Waals surface area (Å²) in [5, 5.41) is 5.60. The van der Waals surface area contributed by atoms with Gasteiger partial charge in [0.15, 0.2) is 5.82 Å². The molecular weight excluding hydrogens is 439 g/mol. The fourth-order valence-electron chi connectivity index (χ4n) is 3.69. The first-order valence-corrected chi connectivity index (χ1v) is 11.1. The summed E-state index contributed by atoms with van der Waals surface area (Å²) in [6.45, 7) is 7.20. The maximum absolute atomic E-state index is 15.8. The Morgan fingerprint density at radius 3 is 2.53 bits per heavy atom. The number of benzene rings is 2. The minimum Gasteiger partial charge on any atom is -0.487 e. The number of allylic oxidation sites excluding steroid dienone is 1. The molecule has 1 amide bonds.